The van der Waals surface area contributed by atoms with Gasteiger partial charge in [-0.2, -0.15) is 43.2 Å². The van der Waals surface area contributed by atoms with E-state index in [9.17, 15) is 52.8 Å². The Balaban J connectivity index is 2.72. The first-order chi connectivity index (χ1) is 17.7. The van der Waals surface area contributed by atoms with E-state index in [1.54, 1.807) is 33.9 Å². The molecule has 2 rings (SSSR count). The van der Waals surface area contributed by atoms with Crippen molar-refractivity contribution >= 4 is 28.6 Å². The summed E-state index contributed by atoms with van der Waals surface area (Å²) in [5.41, 5.74) is -16.6. The number of halogens is 6. The largest absolute Gasteiger partial charge is 0.523 e. The number of aromatic nitrogens is 2. The van der Waals surface area contributed by atoms with E-state index in [1.807, 2.05) is 4.98 Å². The van der Waals surface area contributed by atoms with Gasteiger partial charge in [0.15, 0.2) is 8.32 Å². The first-order valence-corrected chi connectivity index (χ1v) is 17.0. The number of alkyl halides is 6. The third-order valence-corrected chi connectivity index (χ3v) is 13.0. The molecule has 21 heteroatoms. The minimum atomic E-state index is -6.37. The van der Waals surface area contributed by atoms with Crippen LogP contribution in [0.4, 0.5) is 26.3 Å². The summed E-state index contributed by atoms with van der Waals surface area (Å²) < 4.78 is 146. The van der Waals surface area contributed by atoms with Gasteiger partial charge in [-0.15, -0.1) is 0 Å². The lowest BCUT2D eigenvalue weighted by Crippen LogP contribution is -2.56. The summed E-state index contributed by atoms with van der Waals surface area (Å²) >= 11 is 0. The zero-order valence-electron chi connectivity index (χ0n) is 22.0. The summed E-state index contributed by atoms with van der Waals surface area (Å²) in [5.74, 6) is 0. The summed E-state index contributed by atoms with van der Waals surface area (Å²) in [6, 6.07) is 0. The standard InChI is InChI=1S/C19H28F6N2O10S2Si/c1-11-8-27(15(29)26-14(11)28)13-7-12(37-40(5,6)16(2,3)4)17(36-13,9-34-38(30,31)18(20,21)22)10-35-39(32,33)19(23,24)25/h8,12-13H,7,9-10H2,1-6H3,(H,26,28,29)/t12-,13+/m0/s1. The van der Waals surface area contributed by atoms with Gasteiger partial charge in [0.05, 0.1) is 6.10 Å². The van der Waals surface area contributed by atoms with Crippen molar-refractivity contribution in [2.45, 2.75) is 81.2 Å². The van der Waals surface area contributed by atoms with E-state index in [4.69, 9.17) is 9.16 Å². The number of hydrogen-bond acceptors (Lipinski definition) is 10. The summed E-state index contributed by atoms with van der Waals surface area (Å²) in [7, 11) is -15.8. The molecule has 40 heavy (non-hydrogen) atoms. The van der Waals surface area contributed by atoms with Crippen molar-refractivity contribution in [3.63, 3.8) is 0 Å². The van der Waals surface area contributed by atoms with Crippen LogP contribution in [0.25, 0.3) is 0 Å². The fourth-order valence-corrected chi connectivity index (χ4v) is 5.59. The van der Waals surface area contributed by atoms with Gasteiger partial charge in [0.2, 0.25) is 0 Å². The van der Waals surface area contributed by atoms with Crippen molar-refractivity contribution in [2.24, 2.45) is 0 Å². The highest BCUT2D eigenvalue weighted by Gasteiger charge is 2.58. The molecule has 0 spiro atoms. The normalized spacial score (nSPS) is 21.1. The van der Waals surface area contributed by atoms with Crippen LogP contribution >= 0.6 is 0 Å². The predicted molar refractivity (Wildman–Crippen MR) is 127 cm³/mol. The van der Waals surface area contributed by atoms with Crippen LogP contribution in [0, 0.1) is 6.92 Å². The number of aryl methyl sites for hydroxylation is 1. The van der Waals surface area contributed by atoms with Gasteiger partial charge in [0, 0.05) is 18.2 Å². The van der Waals surface area contributed by atoms with E-state index < -0.39 is 93.4 Å². The molecule has 1 aliphatic rings. The Hall–Kier alpha value is -1.78. The lowest BCUT2D eigenvalue weighted by Gasteiger charge is -2.42. The van der Waals surface area contributed by atoms with Crippen molar-refractivity contribution in [1.29, 1.82) is 0 Å². The summed E-state index contributed by atoms with van der Waals surface area (Å²) in [6.45, 7) is 6.27. The maximum Gasteiger partial charge on any atom is 0.523 e. The summed E-state index contributed by atoms with van der Waals surface area (Å²) in [4.78, 5) is 26.2. The van der Waals surface area contributed by atoms with E-state index in [2.05, 4.69) is 8.37 Å². The zero-order valence-corrected chi connectivity index (χ0v) is 24.6. The second-order valence-electron chi connectivity index (χ2n) is 10.5. The Morgan fingerprint density at radius 1 is 1.00 bits per heavy atom. The molecule has 232 valence electrons. The maximum absolute atomic E-state index is 13.0. The van der Waals surface area contributed by atoms with Crippen LogP contribution in [0.15, 0.2) is 15.8 Å². The Kier molecular flexibility index (Phi) is 9.30. The van der Waals surface area contributed by atoms with Crippen LogP contribution in [0.5, 0.6) is 0 Å². The molecule has 0 aromatic carbocycles. The first kappa shape index (κ1) is 34.4. The number of nitrogens with one attached hydrogen (secondary N) is 1. The molecule has 2 atom stereocenters. The van der Waals surface area contributed by atoms with Crippen molar-refractivity contribution in [2.75, 3.05) is 13.2 Å². The van der Waals surface area contributed by atoms with Gasteiger partial charge in [-0.1, -0.05) is 20.8 Å². The highest BCUT2D eigenvalue weighted by molar-refractivity contribution is 7.87. The molecular formula is C19H28F6N2O10S2Si. The quantitative estimate of drug-likeness (QED) is 0.182. The highest BCUT2D eigenvalue weighted by atomic mass is 32.2. The second kappa shape index (κ2) is 10.8. The number of nitrogens with zero attached hydrogens (tertiary/aromatic N) is 1. The van der Waals surface area contributed by atoms with Crippen LogP contribution < -0.4 is 11.2 Å². The Morgan fingerprint density at radius 3 is 1.85 bits per heavy atom. The smallest absolute Gasteiger partial charge is 0.411 e. The highest BCUT2D eigenvalue weighted by Crippen LogP contribution is 2.46. The third kappa shape index (κ3) is 7.16. The molecule has 12 nitrogen and oxygen atoms in total. The second-order valence-corrected chi connectivity index (χ2v) is 18.5. The van der Waals surface area contributed by atoms with Gasteiger partial charge in [-0.05, 0) is 25.1 Å². The third-order valence-electron chi connectivity index (χ3n) is 6.56. The minimum absolute atomic E-state index is 0.0469. The Bertz CT molecular complexity index is 1380. The van der Waals surface area contributed by atoms with Crippen LogP contribution in [-0.2, 0) is 37.8 Å². The number of aromatic amines is 1. The van der Waals surface area contributed by atoms with Crippen LogP contribution in [0.2, 0.25) is 18.1 Å². The van der Waals surface area contributed by atoms with Crippen LogP contribution in [0.3, 0.4) is 0 Å². The molecule has 0 aliphatic carbocycles. The lowest BCUT2D eigenvalue weighted by molar-refractivity contribution is -0.144. The van der Waals surface area contributed by atoms with E-state index in [-0.39, 0.29) is 5.56 Å². The fourth-order valence-electron chi connectivity index (χ4n) is 3.24. The molecular weight excluding hydrogens is 622 g/mol. The maximum atomic E-state index is 13.0. The molecule has 0 bridgehead atoms. The molecule has 1 aromatic heterocycles. The Labute approximate surface area is 225 Å². The van der Waals surface area contributed by atoms with E-state index in [1.165, 1.54) is 6.92 Å². The molecule has 2 heterocycles. The fraction of sp³-hybridized carbons (Fsp3) is 0.789. The van der Waals surface area contributed by atoms with E-state index in [0.29, 0.717) is 0 Å². The topological polar surface area (TPSA) is 160 Å². The van der Waals surface area contributed by atoms with E-state index in [0.717, 1.165) is 10.8 Å². The molecule has 1 saturated heterocycles. The average molecular weight is 651 g/mol. The van der Waals surface area contributed by atoms with E-state index >= 15 is 0 Å². The lowest BCUT2D eigenvalue weighted by atomic mass is 9.99. The van der Waals surface area contributed by atoms with Gasteiger partial charge < -0.3 is 9.16 Å². The van der Waals surface area contributed by atoms with Gasteiger partial charge in [-0.25, -0.2) is 4.79 Å². The average Bonchev–Trinajstić information content (AvgIpc) is 3.09. The molecule has 1 aromatic rings. The predicted octanol–water partition coefficient (Wildman–Crippen LogP) is 2.63. The number of H-pyrrole nitrogens is 1. The van der Waals surface area contributed by atoms with Crippen molar-refractivity contribution in [3.05, 3.63) is 32.6 Å². The van der Waals surface area contributed by atoms with Crippen molar-refractivity contribution in [1.82, 2.24) is 9.55 Å². The molecule has 0 saturated carbocycles. The molecule has 1 N–H and O–H groups in total. The van der Waals surface area contributed by atoms with Gasteiger partial charge >= 0.3 is 36.9 Å². The SMILES string of the molecule is Cc1cn([C@H]2C[C@H](O[Si](C)(C)C(C)(C)C)C(COS(=O)(=O)C(F)(F)F)(COS(=O)(=O)C(F)(F)F)O2)c(=O)[nH]c1=O. The Morgan fingerprint density at radius 2 is 1.45 bits per heavy atom. The van der Waals surface area contributed by atoms with Crippen molar-refractivity contribution in [3.8, 4) is 0 Å². The minimum Gasteiger partial charge on any atom is -0.411 e. The van der Waals surface area contributed by atoms with Gasteiger partial charge in [0.1, 0.15) is 25.0 Å². The monoisotopic (exact) mass is 650 g/mol. The summed E-state index contributed by atoms with van der Waals surface area (Å²) in [6.07, 6.45) is -2.81. The van der Waals surface area contributed by atoms with Crippen LogP contribution in [0.1, 0.15) is 39.0 Å². The van der Waals surface area contributed by atoms with Gasteiger partial charge in [0.25, 0.3) is 5.56 Å². The molecule has 0 unspecified atom stereocenters. The molecule has 1 aliphatic heterocycles. The first-order valence-electron chi connectivity index (χ1n) is 11.2. The molecule has 0 radical (unpaired) electrons. The summed E-state index contributed by atoms with van der Waals surface area (Å²) in [5, 5.41) is -0.639. The molecule has 0 amide bonds. The zero-order chi connectivity index (χ0) is 31.3. The number of hydrogen-bond donors (Lipinski definition) is 1. The number of ether oxygens (including phenoxy) is 1. The number of rotatable bonds is 9. The molecule has 1 fully saturated rings. The van der Waals surface area contributed by atoms with Gasteiger partial charge in [-0.3, -0.25) is 22.7 Å². The van der Waals surface area contributed by atoms with Crippen molar-refractivity contribution < 1.29 is 60.7 Å². The van der Waals surface area contributed by atoms with Crippen LogP contribution in [-0.4, -0.2) is 70.6 Å².